The molecule has 0 saturated carbocycles. The van der Waals surface area contributed by atoms with E-state index in [1.54, 1.807) is 12.1 Å². The third-order valence-corrected chi connectivity index (χ3v) is 3.72. The highest BCUT2D eigenvalue weighted by molar-refractivity contribution is 6.34. The number of hydrogen-bond donors (Lipinski definition) is 4. The number of hydrogen-bond acceptors (Lipinski definition) is 4. The number of halogens is 1. The van der Waals surface area contributed by atoms with E-state index in [9.17, 15) is 14.4 Å². The number of amides is 3. The van der Waals surface area contributed by atoms with Crippen LogP contribution < -0.4 is 21.3 Å². The van der Waals surface area contributed by atoms with Crippen LogP contribution in [0, 0.1) is 0 Å². The van der Waals surface area contributed by atoms with Crippen molar-refractivity contribution in [3.63, 3.8) is 0 Å². The summed E-state index contributed by atoms with van der Waals surface area (Å²) >= 11 is 6.11. The number of piperazine rings is 1. The molecule has 1 saturated heterocycles. The van der Waals surface area contributed by atoms with E-state index in [-0.39, 0.29) is 37.2 Å². The number of benzene rings is 1. The fourth-order valence-electron chi connectivity index (χ4n) is 2.32. The lowest BCUT2D eigenvalue weighted by atomic mass is 10.1. The van der Waals surface area contributed by atoms with E-state index in [1.165, 1.54) is 0 Å². The number of anilines is 2. The van der Waals surface area contributed by atoms with Gasteiger partial charge in [0.15, 0.2) is 0 Å². The van der Waals surface area contributed by atoms with Gasteiger partial charge in [-0.2, -0.15) is 0 Å². The molecule has 0 radical (unpaired) electrons. The van der Waals surface area contributed by atoms with Crippen LogP contribution >= 0.6 is 11.6 Å². The normalized spacial score (nSPS) is 20.5. The molecule has 4 N–H and O–H groups in total. The summed E-state index contributed by atoms with van der Waals surface area (Å²) < 4.78 is 0. The van der Waals surface area contributed by atoms with Gasteiger partial charge in [-0.1, -0.05) is 11.6 Å². The molecule has 110 valence electrons. The molecule has 1 fully saturated rings. The van der Waals surface area contributed by atoms with Crippen LogP contribution in [0.2, 0.25) is 5.02 Å². The van der Waals surface area contributed by atoms with Crippen LogP contribution in [0.5, 0.6) is 0 Å². The molecule has 1 aromatic rings. The molecular weight excluding hydrogens is 296 g/mol. The molecule has 3 amide bonds. The van der Waals surface area contributed by atoms with E-state index in [0.717, 1.165) is 5.56 Å². The average molecular weight is 309 g/mol. The molecule has 2 aliphatic heterocycles. The molecule has 1 unspecified atom stereocenters. The zero-order valence-electron chi connectivity index (χ0n) is 11.0. The van der Waals surface area contributed by atoms with Crippen molar-refractivity contribution in [2.45, 2.75) is 12.5 Å². The number of nitrogens with one attached hydrogen (secondary N) is 4. The first-order valence-corrected chi connectivity index (χ1v) is 6.84. The minimum atomic E-state index is -0.508. The maximum absolute atomic E-state index is 12.1. The molecule has 1 aromatic carbocycles. The molecule has 7 nitrogen and oxygen atoms in total. The van der Waals surface area contributed by atoms with Gasteiger partial charge in [-0.15, -0.1) is 0 Å². The van der Waals surface area contributed by atoms with E-state index in [0.29, 0.717) is 16.4 Å². The van der Waals surface area contributed by atoms with Crippen molar-refractivity contribution < 1.29 is 14.4 Å². The molecule has 2 heterocycles. The predicted molar refractivity (Wildman–Crippen MR) is 77.2 cm³/mol. The minimum absolute atomic E-state index is 0.0961. The standard InChI is InChI=1S/C13H13ClN4O3/c14-7-3-8-6(2-11(19)17-8)1-9(7)18-13(21)10-4-16-12(20)5-15-10/h1,3,10,15H,2,4-5H2,(H,16,20)(H,17,19)(H,18,21). The third kappa shape index (κ3) is 2.84. The van der Waals surface area contributed by atoms with Gasteiger partial charge in [0.1, 0.15) is 6.04 Å². The predicted octanol–water partition coefficient (Wildman–Crippen LogP) is -0.139. The van der Waals surface area contributed by atoms with Gasteiger partial charge in [-0.05, 0) is 17.7 Å². The van der Waals surface area contributed by atoms with Crippen LogP contribution in [0.15, 0.2) is 12.1 Å². The molecule has 0 aromatic heterocycles. The van der Waals surface area contributed by atoms with Crippen molar-refractivity contribution in [2.24, 2.45) is 0 Å². The maximum atomic E-state index is 12.1. The van der Waals surface area contributed by atoms with E-state index in [2.05, 4.69) is 21.3 Å². The van der Waals surface area contributed by atoms with E-state index < -0.39 is 6.04 Å². The van der Waals surface area contributed by atoms with Crippen molar-refractivity contribution in [3.05, 3.63) is 22.7 Å². The zero-order valence-corrected chi connectivity index (χ0v) is 11.7. The summed E-state index contributed by atoms with van der Waals surface area (Å²) in [6, 6.07) is 2.80. The largest absolute Gasteiger partial charge is 0.353 e. The number of fused-ring (bicyclic) bond motifs is 1. The molecule has 21 heavy (non-hydrogen) atoms. The lowest BCUT2D eigenvalue weighted by Gasteiger charge is -2.23. The average Bonchev–Trinajstić information content (AvgIpc) is 2.79. The van der Waals surface area contributed by atoms with Gasteiger partial charge in [-0.3, -0.25) is 19.7 Å². The minimum Gasteiger partial charge on any atom is -0.353 e. The van der Waals surface area contributed by atoms with Crippen molar-refractivity contribution in [1.29, 1.82) is 0 Å². The highest BCUT2D eigenvalue weighted by atomic mass is 35.5. The lowest BCUT2D eigenvalue weighted by Crippen LogP contribution is -2.56. The number of rotatable bonds is 2. The highest BCUT2D eigenvalue weighted by Gasteiger charge is 2.25. The quantitative estimate of drug-likeness (QED) is 0.611. The summed E-state index contributed by atoms with van der Waals surface area (Å²) in [6.45, 7) is 0.335. The van der Waals surface area contributed by atoms with E-state index in [1.807, 2.05) is 0 Å². The van der Waals surface area contributed by atoms with Crippen LogP contribution in [0.3, 0.4) is 0 Å². The third-order valence-electron chi connectivity index (χ3n) is 3.40. The molecule has 0 bridgehead atoms. The molecule has 0 spiro atoms. The fourth-order valence-corrected chi connectivity index (χ4v) is 2.53. The summed E-state index contributed by atoms with van der Waals surface area (Å²) in [5.74, 6) is -0.519. The Labute approximate surface area is 125 Å². The molecule has 1 atom stereocenters. The van der Waals surface area contributed by atoms with Crippen molar-refractivity contribution in [2.75, 3.05) is 23.7 Å². The van der Waals surface area contributed by atoms with Crippen molar-refractivity contribution in [1.82, 2.24) is 10.6 Å². The molecule has 8 heteroatoms. The Bertz CT molecular complexity index is 637. The van der Waals surface area contributed by atoms with Crippen molar-refractivity contribution >= 4 is 40.7 Å². The first-order chi connectivity index (χ1) is 10.0. The molecule has 2 aliphatic rings. The Morgan fingerprint density at radius 1 is 1.29 bits per heavy atom. The Kier molecular flexibility index (Phi) is 3.52. The molecular formula is C13H13ClN4O3. The van der Waals surface area contributed by atoms with Gasteiger partial charge in [0.25, 0.3) is 0 Å². The van der Waals surface area contributed by atoms with Gasteiger partial charge in [0.05, 0.1) is 23.7 Å². The second-order valence-corrected chi connectivity index (χ2v) is 5.35. The summed E-state index contributed by atoms with van der Waals surface area (Å²) in [6.07, 6.45) is 0.271. The highest BCUT2D eigenvalue weighted by Crippen LogP contribution is 2.32. The molecule has 3 rings (SSSR count). The van der Waals surface area contributed by atoms with E-state index >= 15 is 0 Å². The van der Waals surface area contributed by atoms with Gasteiger partial charge in [0, 0.05) is 12.2 Å². The smallest absolute Gasteiger partial charge is 0.243 e. The summed E-state index contributed by atoms with van der Waals surface area (Å²) in [7, 11) is 0. The second-order valence-electron chi connectivity index (χ2n) is 4.94. The second kappa shape index (κ2) is 5.34. The topological polar surface area (TPSA) is 99.3 Å². The Morgan fingerprint density at radius 3 is 2.81 bits per heavy atom. The van der Waals surface area contributed by atoms with Crippen LogP contribution in [0.4, 0.5) is 11.4 Å². The Hall–Kier alpha value is -2.12. The van der Waals surface area contributed by atoms with Crippen LogP contribution in [-0.4, -0.2) is 36.9 Å². The number of carbonyl (C=O) groups is 3. The van der Waals surface area contributed by atoms with Gasteiger partial charge in [0.2, 0.25) is 17.7 Å². The maximum Gasteiger partial charge on any atom is 0.243 e. The van der Waals surface area contributed by atoms with Crippen LogP contribution in [0.25, 0.3) is 0 Å². The monoisotopic (exact) mass is 308 g/mol. The Morgan fingerprint density at radius 2 is 2.10 bits per heavy atom. The van der Waals surface area contributed by atoms with Gasteiger partial charge in [-0.25, -0.2) is 0 Å². The first kappa shape index (κ1) is 13.8. The SMILES string of the molecule is O=C1CNC(C(=O)Nc2cc3c(cc2Cl)NC(=O)C3)CN1. The number of carbonyl (C=O) groups excluding carboxylic acids is 3. The van der Waals surface area contributed by atoms with E-state index in [4.69, 9.17) is 11.6 Å². The van der Waals surface area contributed by atoms with Crippen LogP contribution in [-0.2, 0) is 20.8 Å². The van der Waals surface area contributed by atoms with Gasteiger partial charge < -0.3 is 16.0 Å². The van der Waals surface area contributed by atoms with Crippen molar-refractivity contribution in [3.8, 4) is 0 Å². The first-order valence-electron chi connectivity index (χ1n) is 6.46. The fraction of sp³-hybridized carbons (Fsp3) is 0.308. The summed E-state index contributed by atoms with van der Waals surface area (Å²) in [5, 5.41) is 11.2. The lowest BCUT2D eigenvalue weighted by molar-refractivity contribution is -0.124. The zero-order chi connectivity index (χ0) is 15.0. The Balaban J connectivity index is 1.73. The summed E-state index contributed by atoms with van der Waals surface area (Å²) in [4.78, 5) is 34.5. The van der Waals surface area contributed by atoms with Gasteiger partial charge >= 0.3 is 0 Å². The molecule has 0 aliphatic carbocycles. The summed E-state index contributed by atoms with van der Waals surface area (Å²) in [5.41, 5.74) is 1.92. The van der Waals surface area contributed by atoms with Crippen LogP contribution in [0.1, 0.15) is 5.56 Å².